The third kappa shape index (κ3) is 4.52. The number of anilines is 1. The lowest BCUT2D eigenvalue weighted by Gasteiger charge is -2.11. The van der Waals surface area contributed by atoms with Crippen LogP contribution in [0.25, 0.3) is 0 Å². The number of carbonyl (C=O) groups is 1. The van der Waals surface area contributed by atoms with Gasteiger partial charge in [0, 0.05) is 24.2 Å². The number of nitrogens with two attached hydrogens (primary N) is 1. The molecule has 116 valence electrons. The Hall–Kier alpha value is -2.49. The zero-order valence-electron chi connectivity index (χ0n) is 12.8. The van der Waals surface area contributed by atoms with Gasteiger partial charge >= 0.3 is 0 Å². The molecule has 22 heavy (non-hydrogen) atoms. The van der Waals surface area contributed by atoms with Gasteiger partial charge in [-0.05, 0) is 31.0 Å². The van der Waals surface area contributed by atoms with E-state index < -0.39 is 0 Å². The van der Waals surface area contributed by atoms with Crippen LogP contribution in [0.2, 0.25) is 0 Å². The van der Waals surface area contributed by atoms with Crippen molar-refractivity contribution in [3.05, 3.63) is 59.7 Å². The van der Waals surface area contributed by atoms with Crippen molar-refractivity contribution in [2.45, 2.75) is 26.3 Å². The third-order valence-electron chi connectivity index (χ3n) is 3.42. The van der Waals surface area contributed by atoms with Crippen LogP contribution in [0, 0.1) is 0 Å². The average molecular weight is 298 g/mol. The Morgan fingerprint density at radius 1 is 1.09 bits per heavy atom. The molecule has 4 nitrogen and oxygen atoms in total. The molecule has 4 heteroatoms. The molecule has 0 bridgehead atoms. The van der Waals surface area contributed by atoms with E-state index in [0.717, 1.165) is 22.6 Å². The first-order chi connectivity index (χ1) is 10.7. The summed E-state index contributed by atoms with van der Waals surface area (Å²) in [6.45, 7) is 3.02. The van der Waals surface area contributed by atoms with Gasteiger partial charge < -0.3 is 15.8 Å². The zero-order chi connectivity index (χ0) is 15.8. The van der Waals surface area contributed by atoms with E-state index >= 15 is 0 Å². The summed E-state index contributed by atoms with van der Waals surface area (Å²) in [6, 6.07) is 15.4. The molecule has 0 spiro atoms. The molecule has 1 amide bonds. The maximum absolute atomic E-state index is 12.0. The number of hydrogen-bond acceptors (Lipinski definition) is 3. The monoisotopic (exact) mass is 298 g/mol. The quantitative estimate of drug-likeness (QED) is 0.772. The molecule has 0 aliphatic carbocycles. The van der Waals surface area contributed by atoms with Crippen molar-refractivity contribution in [1.82, 2.24) is 5.32 Å². The minimum absolute atomic E-state index is 0.00885. The van der Waals surface area contributed by atoms with Crippen molar-refractivity contribution in [2.24, 2.45) is 0 Å². The predicted octanol–water partition coefficient (Wildman–Crippen LogP) is 2.92. The van der Waals surface area contributed by atoms with Crippen molar-refractivity contribution in [3.63, 3.8) is 0 Å². The van der Waals surface area contributed by atoms with Crippen LogP contribution >= 0.6 is 0 Å². The second-order valence-electron chi connectivity index (χ2n) is 5.02. The highest BCUT2D eigenvalue weighted by Crippen LogP contribution is 2.17. The molecular weight excluding hydrogens is 276 g/mol. The number of rotatable bonds is 7. The molecule has 0 fully saturated rings. The maximum atomic E-state index is 12.0. The molecule has 0 unspecified atom stereocenters. The summed E-state index contributed by atoms with van der Waals surface area (Å²) < 4.78 is 5.55. The number of amides is 1. The minimum Gasteiger partial charge on any atom is -0.494 e. The lowest BCUT2D eigenvalue weighted by Crippen LogP contribution is -2.23. The SMILES string of the molecule is CCOc1ccccc1CNC(=O)CCc1ccccc1N. The average Bonchev–Trinajstić information content (AvgIpc) is 2.53. The van der Waals surface area contributed by atoms with Crippen molar-refractivity contribution >= 4 is 11.6 Å². The number of aryl methyl sites for hydroxylation is 1. The van der Waals surface area contributed by atoms with Gasteiger partial charge in [-0.2, -0.15) is 0 Å². The molecule has 2 rings (SSSR count). The van der Waals surface area contributed by atoms with Gasteiger partial charge in [0.15, 0.2) is 0 Å². The number of nitrogens with one attached hydrogen (secondary N) is 1. The largest absolute Gasteiger partial charge is 0.494 e. The molecule has 0 aliphatic rings. The maximum Gasteiger partial charge on any atom is 0.220 e. The van der Waals surface area contributed by atoms with Crippen LogP contribution in [0.4, 0.5) is 5.69 Å². The molecule has 0 saturated carbocycles. The van der Waals surface area contributed by atoms with Crippen LogP contribution in [-0.2, 0) is 17.8 Å². The van der Waals surface area contributed by atoms with Crippen LogP contribution in [0.15, 0.2) is 48.5 Å². The molecule has 0 aromatic heterocycles. The first kappa shape index (κ1) is 15.9. The number of benzene rings is 2. The number of para-hydroxylation sites is 2. The van der Waals surface area contributed by atoms with Gasteiger partial charge in [0.05, 0.1) is 6.61 Å². The molecule has 0 aliphatic heterocycles. The van der Waals surface area contributed by atoms with E-state index in [4.69, 9.17) is 10.5 Å². The first-order valence-corrected chi connectivity index (χ1v) is 7.51. The van der Waals surface area contributed by atoms with E-state index in [9.17, 15) is 4.79 Å². The fourth-order valence-corrected chi connectivity index (χ4v) is 2.24. The molecular formula is C18H22N2O2. The van der Waals surface area contributed by atoms with Crippen LogP contribution in [0.1, 0.15) is 24.5 Å². The van der Waals surface area contributed by atoms with Crippen molar-refractivity contribution in [1.29, 1.82) is 0 Å². The lowest BCUT2D eigenvalue weighted by atomic mass is 10.1. The molecule has 0 saturated heterocycles. The summed E-state index contributed by atoms with van der Waals surface area (Å²) in [6.07, 6.45) is 1.07. The summed E-state index contributed by atoms with van der Waals surface area (Å²) in [5.41, 5.74) is 8.60. The minimum atomic E-state index is 0.00885. The number of carbonyl (C=O) groups excluding carboxylic acids is 1. The van der Waals surface area contributed by atoms with Crippen molar-refractivity contribution in [3.8, 4) is 5.75 Å². The summed E-state index contributed by atoms with van der Waals surface area (Å²) in [5.74, 6) is 0.826. The molecule has 2 aromatic rings. The van der Waals surface area contributed by atoms with Gasteiger partial charge in [-0.3, -0.25) is 4.79 Å². The Balaban J connectivity index is 1.84. The highest BCUT2D eigenvalue weighted by atomic mass is 16.5. The molecule has 2 aromatic carbocycles. The lowest BCUT2D eigenvalue weighted by molar-refractivity contribution is -0.121. The fourth-order valence-electron chi connectivity index (χ4n) is 2.24. The van der Waals surface area contributed by atoms with Crippen LogP contribution in [-0.4, -0.2) is 12.5 Å². The summed E-state index contributed by atoms with van der Waals surface area (Å²) in [4.78, 5) is 12.0. The van der Waals surface area contributed by atoms with E-state index in [-0.39, 0.29) is 5.91 Å². The Kier molecular flexibility index (Phi) is 5.83. The van der Waals surface area contributed by atoms with Gasteiger partial charge in [-0.1, -0.05) is 36.4 Å². The predicted molar refractivity (Wildman–Crippen MR) is 88.6 cm³/mol. The molecule has 0 radical (unpaired) electrons. The van der Waals surface area contributed by atoms with Crippen LogP contribution in [0.3, 0.4) is 0 Å². The highest BCUT2D eigenvalue weighted by molar-refractivity contribution is 5.76. The van der Waals surface area contributed by atoms with Crippen LogP contribution in [0.5, 0.6) is 5.75 Å². The highest BCUT2D eigenvalue weighted by Gasteiger charge is 2.07. The van der Waals surface area contributed by atoms with Gasteiger partial charge in [-0.15, -0.1) is 0 Å². The Morgan fingerprint density at radius 3 is 2.50 bits per heavy atom. The van der Waals surface area contributed by atoms with E-state index in [1.807, 2.05) is 55.5 Å². The van der Waals surface area contributed by atoms with E-state index in [1.165, 1.54) is 0 Å². The normalized spacial score (nSPS) is 10.2. The second-order valence-corrected chi connectivity index (χ2v) is 5.02. The number of hydrogen-bond donors (Lipinski definition) is 2. The Morgan fingerprint density at radius 2 is 1.77 bits per heavy atom. The van der Waals surface area contributed by atoms with Crippen molar-refractivity contribution in [2.75, 3.05) is 12.3 Å². The van der Waals surface area contributed by atoms with Crippen molar-refractivity contribution < 1.29 is 9.53 Å². The Bertz CT molecular complexity index is 626. The Labute approximate surface area is 131 Å². The summed E-state index contributed by atoms with van der Waals surface area (Å²) >= 11 is 0. The van der Waals surface area contributed by atoms with Gasteiger partial charge in [0.1, 0.15) is 5.75 Å². The first-order valence-electron chi connectivity index (χ1n) is 7.51. The second kappa shape index (κ2) is 8.08. The van der Waals surface area contributed by atoms with E-state index in [1.54, 1.807) is 0 Å². The molecule has 3 N–H and O–H groups in total. The zero-order valence-corrected chi connectivity index (χ0v) is 12.8. The van der Waals surface area contributed by atoms with Gasteiger partial charge in [0.25, 0.3) is 0 Å². The summed E-state index contributed by atoms with van der Waals surface area (Å²) in [5, 5.41) is 2.93. The smallest absolute Gasteiger partial charge is 0.220 e. The van der Waals surface area contributed by atoms with Gasteiger partial charge in [0.2, 0.25) is 5.91 Å². The number of nitrogen functional groups attached to an aromatic ring is 1. The summed E-state index contributed by atoms with van der Waals surface area (Å²) in [7, 11) is 0. The molecule has 0 heterocycles. The van der Waals surface area contributed by atoms with E-state index in [2.05, 4.69) is 5.32 Å². The third-order valence-corrected chi connectivity index (χ3v) is 3.42. The fraction of sp³-hybridized carbons (Fsp3) is 0.278. The molecule has 0 atom stereocenters. The van der Waals surface area contributed by atoms with Gasteiger partial charge in [-0.25, -0.2) is 0 Å². The topological polar surface area (TPSA) is 64.3 Å². The van der Waals surface area contributed by atoms with E-state index in [0.29, 0.717) is 26.0 Å². The standard InChI is InChI=1S/C18H22N2O2/c1-2-22-17-10-6-4-8-15(17)13-20-18(21)12-11-14-7-3-5-9-16(14)19/h3-10H,2,11-13,19H2,1H3,(H,20,21). The number of ether oxygens (including phenoxy) is 1. The van der Waals surface area contributed by atoms with Crippen LogP contribution < -0.4 is 15.8 Å².